The van der Waals surface area contributed by atoms with Crippen molar-refractivity contribution in [2.75, 3.05) is 18.4 Å². The molecule has 9 heteroatoms. The number of carboxylic acid groups (broad SMARTS) is 1. The lowest BCUT2D eigenvalue weighted by molar-refractivity contribution is -0.141. The highest BCUT2D eigenvalue weighted by Crippen LogP contribution is 2.34. The molecular formula is C15H18ClF3N2O3. The van der Waals surface area contributed by atoms with E-state index in [0.29, 0.717) is 13.0 Å². The summed E-state index contributed by atoms with van der Waals surface area (Å²) < 4.78 is 38.7. The van der Waals surface area contributed by atoms with Gasteiger partial charge in [-0.05, 0) is 32.0 Å². The Hall–Kier alpha value is -1.80. The Bertz CT molecular complexity index is 610. The molecular weight excluding hydrogens is 349 g/mol. The summed E-state index contributed by atoms with van der Waals surface area (Å²) in [5.74, 6) is -2.07. The molecule has 2 atom stereocenters. The van der Waals surface area contributed by atoms with Crippen LogP contribution in [-0.2, 0) is 15.8 Å². The van der Waals surface area contributed by atoms with E-state index in [-0.39, 0.29) is 24.6 Å². The third kappa shape index (κ3) is 4.61. The molecule has 24 heavy (non-hydrogen) atoms. The van der Waals surface area contributed by atoms with Gasteiger partial charge >= 0.3 is 12.1 Å². The number of alkyl halides is 3. The summed E-state index contributed by atoms with van der Waals surface area (Å²) in [5, 5.41) is 11.3. The van der Waals surface area contributed by atoms with Crippen molar-refractivity contribution < 1.29 is 27.9 Å². The number of nitrogens with zero attached hydrogens (tertiary/aromatic N) is 1. The number of para-hydroxylation sites is 1. The van der Waals surface area contributed by atoms with Gasteiger partial charge in [0.15, 0.2) is 0 Å². The van der Waals surface area contributed by atoms with E-state index < -0.39 is 35.6 Å². The van der Waals surface area contributed by atoms with Crippen molar-refractivity contribution in [2.45, 2.75) is 25.6 Å². The van der Waals surface area contributed by atoms with Crippen LogP contribution in [0.1, 0.15) is 18.9 Å². The molecule has 134 valence electrons. The third-order valence-electron chi connectivity index (χ3n) is 3.99. The maximum absolute atomic E-state index is 12.9. The zero-order valence-corrected chi connectivity index (χ0v) is 13.7. The minimum absolute atomic E-state index is 0. The van der Waals surface area contributed by atoms with Gasteiger partial charge in [0.1, 0.15) is 0 Å². The first-order valence-electron chi connectivity index (χ1n) is 7.14. The molecule has 0 radical (unpaired) electrons. The summed E-state index contributed by atoms with van der Waals surface area (Å²) in [5.41, 5.74) is -1.21. The van der Waals surface area contributed by atoms with Gasteiger partial charge in [-0.15, -0.1) is 12.4 Å². The van der Waals surface area contributed by atoms with Crippen LogP contribution in [0.5, 0.6) is 0 Å². The molecule has 1 amide bonds. The molecule has 1 aromatic rings. The van der Waals surface area contributed by atoms with Gasteiger partial charge in [0.25, 0.3) is 0 Å². The van der Waals surface area contributed by atoms with Gasteiger partial charge in [-0.2, -0.15) is 13.2 Å². The predicted molar refractivity (Wildman–Crippen MR) is 84.1 cm³/mol. The van der Waals surface area contributed by atoms with Gasteiger partial charge in [0, 0.05) is 6.54 Å². The van der Waals surface area contributed by atoms with Crippen LogP contribution in [0.15, 0.2) is 24.3 Å². The molecule has 0 aliphatic carbocycles. The number of likely N-dealkylation sites (tertiary alicyclic amines) is 1. The molecule has 1 heterocycles. The number of carbonyl (C=O) groups is 2. The van der Waals surface area contributed by atoms with Crippen LogP contribution in [0.4, 0.5) is 18.9 Å². The van der Waals surface area contributed by atoms with Gasteiger partial charge < -0.3 is 10.4 Å². The number of hydrogen-bond acceptors (Lipinski definition) is 3. The molecule has 0 saturated carbocycles. The molecule has 1 aliphatic rings. The summed E-state index contributed by atoms with van der Waals surface area (Å²) in [6.07, 6.45) is -4.14. The fourth-order valence-corrected chi connectivity index (χ4v) is 2.58. The van der Waals surface area contributed by atoms with Crippen LogP contribution in [0, 0.1) is 5.92 Å². The number of aliphatic carboxylic acids is 1. The van der Waals surface area contributed by atoms with Gasteiger partial charge in [-0.25, -0.2) is 0 Å². The maximum Gasteiger partial charge on any atom is 0.418 e. The molecule has 1 aliphatic heterocycles. The van der Waals surface area contributed by atoms with Gasteiger partial charge in [0.05, 0.1) is 23.2 Å². The van der Waals surface area contributed by atoms with Crippen molar-refractivity contribution >= 4 is 30.0 Å². The normalized spacial score (nSPS) is 19.4. The van der Waals surface area contributed by atoms with Crippen LogP contribution in [0.3, 0.4) is 0 Å². The lowest BCUT2D eigenvalue weighted by Crippen LogP contribution is -2.41. The Morgan fingerprint density at radius 1 is 1.33 bits per heavy atom. The number of hydrogen-bond donors (Lipinski definition) is 2. The quantitative estimate of drug-likeness (QED) is 0.859. The van der Waals surface area contributed by atoms with E-state index in [1.54, 1.807) is 11.8 Å². The SMILES string of the molecule is CC(C(=O)Nc1ccccc1C(F)(F)F)N1CCC(C(=O)O)C1.Cl. The average Bonchev–Trinajstić information content (AvgIpc) is 2.95. The van der Waals surface area contributed by atoms with Crippen LogP contribution in [-0.4, -0.2) is 41.0 Å². The van der Waals surface area contributed by atoms with Gasteiger partial charge in [-0.1, -0.05) is 12.1 Å². The Balaban J connectivity index is 0.00000288. The zero-order chi connectivity index (χ0) is 17.2. The summed E-state index contributed by atoms with van der Waals surface area (Å²) >= 11 is 0. The second kappa shape index (κ2) is 7.85. The van der Waals surface area contributed by atoms with E-state index in [1.165, 1.54) is 18.2 Å². The lowest BCUT2D eigenvalue weighted by atomic mass is 10.1. The molecule has 2 N–H and O–H groups in total. The summed E-state index contributed by atoms with van der Waals surface area (Å²) in [6.45, 7) is 2.19. The minimum atomic E-state index is -4.56. The summed E-state index contributed by atoms with van der Waals surface area (Å²) in [4.78, 5) is 24.8. The Kier molecular flexibility index (Phi) is 6.62. The predicted octanol–water partition coefficient (Wildman–Crippen LogP) is 2.86. The first-order valence-corrected chi connectivity index (χ1v) is 7.14. The van der Waals surface area contributed by atoms with Crippen LogP contribution in [0.25, 0.3) is 0 Å². The second-order valence-electron chi connectivity index (χ2n) is 5.53. The number of carbonyl (C=O) groups excluding carboxylic acids is 1. The van der Waals surface area contributed by atoms with E-state index in [1.807, 2.05) is 0 Å². The second-order valence-corrected chi connectivity index (χ2v) is 5.53. The third-order valence-corrected chi connectivity index (χ3v) is 3.99. The van der Waals surface area contributed by atoms with Crippen molar-refractivity contribution in [3.63, 3.8) is 0 Å². The molecule has 5 nitrogen and oxygen atoms in total. The molecule has 1 aromatic carbocycles. The van der Waals surface area contributed by atoms with E-state index >= 15 is 0 Å². The van der Waals surface area contributed by atoms with Crippen LogP contribution < -0.4 is 5.32 Å². The molecule has 0 aromatic heterocycles. The molecule has 2 unspecified atom stereocenters. The maximum atomic E-state index is 12.9. The monoisotopic (exact) mass is 366 g/mol. The Morgan fingerprint density at radius 3 is 2.50 bits per heavy atom. The van der Waals surface area contributed by atoms with E-state index in [4.69, 9.17) is 5.11 Å². The molecule has 0 spiro atoms. The van der Waals surface area contributed by atoms with Crippen molar-refractivity contribution in [2.24, 2.45) is 5.92 Å². The van der Waals surface area contributed by atoms with Crippen LogP contribution in [0.2, 0.25) is 0 Å². The first kappa shape index (κ1) is 20.2. The highest BCUT2D eigenvalue weighted by molar-refractivity contribution is 5.95. The van der Waals surface area contributed by atoms with Gasteiger partial charge in [-0.3, -0.25) is 14.5 Å². The topological polar surface area (TPSA) is 69.6 Å². The fourth-order valence-electron chi connectivity index (χ4n) is 2.58. The minimum Gasteiger partial charge on any atom is -0.481 e. The number of rotatable bonds is 4. The molecule has 2 rings (SSSR count). The highest BCUT2D eigenvalue weighted by Gasteiger charge is 2.36. The summed E-state index contributed by atoms with van der Waals surface area (Å²) in [6, 6.07) is 4.04. The smallest absolute Gasteiger partial charge is 0.418 e. The zero-order valence-electron chi connectivity index (χ0n) is 12.8. The van der Waals surface area contributed by atoms with Crippen molar-refractivity contribution in [1.82, 2.24) is 4.90 Å². The van der Waals surface area contributed by atoms with E-state index in [9.17, 15) is 22.8 Å². The van der Waals surface area contributed by atoms with Crippen molar-refractivity contribution in [3.8, 4) is 0 Å². The number of nitrogens with one attached hydrogen (secondary N) is 1. The first-order chi connectivity index (χ1) is 10.7. The standard InChI is InChI=1S/C15H17F3N2O3.ClH/c1-9(20-7-6-10(8-20)14(22)23)13(21)19-12-5-3-2-4-11(12)15(16,17)18;/h2-5,9-10H,6-8H2,1H3,(H,19,21)(H,22,23);1H. The Labute approximate surface area is 143 Å². The molecule has 0 bridgehead atoms. The van der Waals surface area contributed by atoms with E-state index in [2.05, 4.69) is 5.32 Å². The summed E-state index contributed by atoms with van der Waals surface area (Å²) in [7, 11) is 0. The average molecular weight is 367 g/mol. The highest BCUT2D eigenvalue weighted by atomic mass is 35.5. The number of amides is 1. The molecule has 1 saturated heterocycles. The van der Waals surface area contributed by atoms with Crippen molar-refractivity contribution in [1.29, 1.82) is 0 Å². The van der Waals surface area contributed by atoms with Gasteiger partial charge in [0.2, 0.25) is 5.91 Å². The largest absolute Gasteiger partial charge is 0.481 e. The van der Waals surface area contributed by atoms with Crippen LogP contribution >= 0.6 is 12.4 Å². The fraction of sp³-hybridized carbons (Fsp3) is 0.467. The number of anilines is 1. The molecule has 1 fully saturated rings. The number of benzene rings is 1. The number of halogens is 4. The van der Waals surface area contributed by atoms with E-state index in [0.717, 1.165) is 6.07 Å². The van der Waals surface area contributed by atoms with Crippen molar-refractivity contribution in [3.05, 3.63) is 29.8 Å². The Morgan fingerprint density at radius 2 is 1.96 bits per heavy atom. The lowest BCUT2D eigenvalue weighted by Gasteiger charge is -2.24. The number of carboxylic acids is 1.